The maximum absolute atomic E-state index is 13.4. The molecule has 0 aliphatic carbocycles. The van der Waals surface area contributed by atoms with Gasteiger partial charge in [0.25, 0.3) is 0 Å². The maximum atomic E-state index is 13.4. The van der Waals surface area contributed by atoms with E-state index in [1.54, 1.807) is 0 Å². The van der Waals surface area contributed by atoms with E-state index in [-0.39, 0.29) is 23.7 Å². The van der Waals surface area contributed by atoms with Crippen LogP contribution in [0, 0.1) is 23.7 Å². The van der Waals surface area contributed by atoms with Gasteiger partial charge in [0.1, 0.15) is 0 Å². The zero-order valence-corrected chi connectivity index (χ0v) is 18.3. The van der Waals surface area contributed by atoms with Gasteiger partial charge in [0, 0.05) is 11.1 Å². The lowest BCUT2D eigenvalue weighted by Gasteiger charge is -2.33. The summed E-state index contributed by atoms with van der Waals surface area (Å²) in [5.41, 5.74) is 5.93. The van der Waals surface area contributed by atoms with Gasteiger partial charge in [0.05, 0.1) is 11.8 Å². The first-order valence-corrected chi connectivity index (χ1v) is 9.85. The quantitative estimate of drug-likeness (QED) is 0.199. The third-order valence-corrected chi connectivity index (χ3v) is 5.52. The molecule has 0 bridgehead atoms. The SMILES string of the molecule is CC(C)C(C(=O)c1ccccc1C(=O)C(C(C)C)[C@@](N)(C=O)C(=O)O)[C@@](N)(C=O)C(=O)O. The molecule has 0 aliphatic rings. The molecule has 32 heavy (non-hydrogen) atoms. The Bertz CT molecular complexity index is 867. The molecule has 0 fully saturated rings. The van der Waals surface area contributed by atoms with Crippen molar-refractivity contribution in [3.8, 4) is 0 Å². The lowest BCUT2D eigenvalue weighted by atomic mass is 9.70. The van der Waals surface area contributed by atoms with E-state index in [0.717, 1.165) is 0 Å². The number of Topliss-reactive ketones (excluding diaryl/α,β-unsaturated/α-hetero) is 2. The fraction of sp³-hybridized carbons (Fsp3) is 0.455. The molecule has 0 heterocycles. The Morgan fingerprint density at radius 3 is 1.22 bits per heavy atom. The first kappa shape index (κ1) is 26.8. The first-order chi connectivity index (χ1) is 14.7. The summed E-state index contributed by atoms with van der Waals surface area (Å²) in [6.45, 7) is 6.00. The fourth-order valence-electron chi connectivity index (χ4n) is 3.90. The van der Waals surface area contributed by atoms with E-state index in [1.165, 1.54) is 52.0 Å². The highest BCUT2D eigenvalue weighted by atomic mass is 16.4. The van der Waals surface area contributed by atoms with Crippen molar-refractivity contribution in [3.05, 3.63) is 35.4 Å². The molecule has 1 aromatic carbocycles. The molecule has 6 N–H and O–H groups in total. The van der Waals surface area contributed by atoms with Gasteiger partial charge >= 0.3 is 11.9 Å². The van der Waals surface area contributed by atoms with Gasteiger partial charge in [-0.25, -0.2) is 9.59 Å². The van der Waals surface area contributed by atoms with E-state index in [0.29, 0.717) is 0 Å². The number of aliphatic carboxylic acids is 2. The monoisotopic (exact) mass is 448 g/mol. The molecule has 0 radical (unpaired) electrons. The zero-order valence-electron chi connectivity index (χ0n) is 18.3. The Hall–Kier alpha value is -3.24. The number of ketones is 2. The number of hydrogen-bond donors (Lipinski definition) is 4. The van der Waals surface area contributed by atoms with Gasteiger partial charge in [-0.05, 0) is 11.8 Å². The molecule has 0 aliphatic heterocycles. The van der Waals surface area contributed by atoms with Gasteiger partial charge < -0.3 is 31.3 Å². The summed E-state index contributed by atoms with van der Waals surface area (Å²) < 4.78 is 0. The zero-order chi connectivity index (χ0) is 25.0. The van der Waals surface area contributed by atoms with Crippen LogP contribution in [0.2, 0.25) is 0 Å². The topological polar surface area (TPSA) is 195 Å². The predicted octanol–water partition coefficient (Wildman–Crippen LogP) is 0.558. The van der Waals surface area contributed by atoms with Crippen molar-refractivity contribution < 1.29 is 39.0 Å². The molecule has 0 spiro atoms. The van der Waals surface area contributed by atoms with Crippen LogP contribution in [0.3, 0.4) is 0 Å². The second kappa shape index (κ2) is 9.92. The summed E-state index contributed by atoms with van der Waals surface area (Å²) in [5, 5.41) is 19.0. The standard InChI is InChI=1S/C22H28N2O8/c1-11(2)15(21(23,9-25)19(29)30)17(27)13-7-5-6-8-14(13)18(28)16(12(3)4)22(24,10-26)20(31)32/h5-12,15-16H,23-24H2,1-4H3,(H,29,30)(H,31,32)/t15?,16?,21-,22-/m0/s1. The largest absolute Gasteiger partial charge is 0.480 e. The molecule has 10 heteroatoms. The number of carboxylic acids is 2. The van der Waals surface area contributed by atoms with E-state index in [1.807, 2.05) is 0 Å². The highest BCUT2D eigenvalue weighted by molar-refractivity contribution is 6.16. The number of carbonyl (C=O) groups is 6. The van der Waals surface area contributed by atoms with E-state index in [2.05, 4.69) is 0 Å². The van der Waals surface area contributed by atoms with E-state index >= 15 is 0 Å². The smallest absolute Gasteiger partial charge is 0.331 e. The molecular formula is C22H28N2O8. The van der Waals surface area contributed by atoms with E-state index < -0.39 is 58.3 Å². The van der Waals surface area contributed by atoms with Crippen LogP contribution in [0.1, 0.15) is 48.4 Å². The van der Waals surface area contributed by atoms with Crippen LogP contribution in [0.25, 0.3) is 0 Å². The van der Waals surface area contributed by atoms with Gasteiger partial charge in [-0.1, -0.05) is 52.0 Å². The van der Waals surface area contributed by atoms with Crippen LogP contribution in [0.5, 0.6) is 0 Å². The van der Waals surface area contributed by atoms with Crippen molar-refractivity contribution in [1.29, 1.82) is 0 Å². The number of benzene rings is 1. The second-order valence-electron chi connectivity index (χ2n) is 8.43. The van der Waals surface area contributed by atoms with E-state index in [4.69, 9.17) is 11.5 Å². The van der Waals surface area contributed by atoms with Crippen LogP contribution >= 0.6 is 0 Å². The fourth-order valence-corrected chi connectivity index (χ4v) is 3.90. The van der Waals surface area contributed by atoms with Crippen LogP contribution in [-0.4, -0.2) is 57.4 Å². The Labute approximate surface area is 185 Å². The van der Waals surface area contributed by atoms with Crippen molar-refractivity contribution in [2.45, 2.75) is 38.8 Å². The van der Waals surface area contributed by atoms with Crippen LogP contribution < -0.4 is 11.5 Å². The third-order valence-electron chi connectivity index (χ3n) is 5.52. The van der Waals surface area contributed by atoms with Gasteiger partial charge in [0.2, 0.25) is 0 Å². The Balaban J connectivity index is 3.74. The summed E-state index contributed by atoms with van der Waals surface area (Å²) in [6, 6.07) is 5.32. The summed E-state index contributed by atoms with van der Waals surface area (Å²) in [6.07, 6.45) is -0.0536. The summed E-state index contributed by atoms with van der Waals surface area (Å²) >= 11 is 0. The lowest BCUT2D eigenvalue weighted by molar-refractivity contribution is -0.149. The molecule has 0 amide bonds. The Morgan fingerprint density at radius 2 is 1.03 bits per heavy atom. The van der Waals surface area contributed by atoms with Gasteiger partial charge in [-0.3, -0.25) is 9.59 Å². The first-order valence-electron chi connectivity index (χ1n) is 9.85. The molecule has 0 aromatic heterocycles. The molecule has 2 unspecified atom stereocenters. The number of aldehydes is 2. The third kappa shape index (κ3) is 4.66. The van der Waals surface area contributed by atoms with Gasteiger partial charge in [-0.15, -0.1) is 0 Å². The molecule has 4 atom stereocenters. The normalized spacial score (nSPS) is 17.0. The van der Waals surface area contributed by atoms with Crippen molar-refractivity contribution in [3.63, 3.8) is 0 Å². The highest BCUT2D eigenvalue weighted by Crippen LogP contribution is 2.32. The Kier molecular flexibility index (Phi) is 8.31. The summed E-state index contributed by atoms with van der Waals surface area (Å²) in [4.78, 5) is 73.3. The van der Waals surface area contributed by atoms with Crippen molar-refractivity contribution in [2.75, 3.05) is 0 Å². The minimum atomic E-state index is -2.56. The number of nitrogens with two attached hydrogens (primary N) is 2. The minimum Gasteiger partial charge on any atom is -0.480 e. The number of carbonyl (C=O) groups excluding carboxylic acids is 4. The van der Waals surface area contributed by atoms with Crippen molar-refractivity contribution in [2.24, 2.45) is 35.1 Å². The average molecular weight is 448 g/mol. The van der Waals surface area contributed by atoms with Crippen molar-refractivity contribution >= 4 is 36.1 Å². The summed E-state index contributed by atoms with van der Waals surface area (Å²) in [5.74, 6) is -9.66. The number of rotatable bonds is 12. The van der Waals surface area contributed by atoms with E-state index in [9.17, 15) is 39.0 Å². The average Bonchev–Trinajstić information content (AvgIpc) is 2.72. The highest BCUT2D eigenvalue weighted by Gasteiger charge is 2.51. The number of hydrogen-bond acceptors (Lipinski definition) is 8. The molecule has 174 valence electrons. The van der Waals surface area contributed by atoms with Gasteiger partial charge in [-0.2, -0.15) is 0 Å². The molecule has 1 aromatic rings. The Morgan fingerprint density at radius 1 is 0.750 bits per heavy atom. The molecular weight excluding hydrogens is 420 g/mol. The van der Waals surface area contributed by atoms with Crippen LogP contribution in [0.4, 0.5) is 0 Å². The molecule has 10 nitrogen and oxygen atoms in total. The predicted molar refractivity (Wildman–Crippen MR) is 113 cm³/mol. The lowest BCUT2D eigenvalue weighted by Crippen LogP contribution is -2.60. The van der Waals surface area contributed by atoms with Crippen LogP contribution in [-0.2, 0) is 19.2 Å². The maximum Gasteiger partial charge on any atom is 0.331 e. The molecule has 1 rings (SSSR count). The number of carboxylic acid groups (broad SMARTS) is 2. The molecule has 0 saturated carbocycles. The summed E-state index contributed by atoms with van der Waals surface area (Å²) in [7, 11) is 0. The molecule has 0 saturated heterocycles. The minimum absolute atomic E-state index is 0.0268. The van der Waals surface area contributed by atoms with Crippen molar-refractivity contribution in [1.82, 2.24) is 0 Å². The van der Waals surface area contributed by atoms with Crippen LogP contribution in [0.15, 0.2) is 24.3 Å². The van der Waals surface area contributed by atoms with Gasteiger partial charge in [0.15, 0.2) is 35.2 Å². The second-order valence-corrected chi connectivity index (χ2v) is 8.43.